The van der Waals surface area contributed by atoms with Gasteiger partial charge in [-0.2, -0.15) is 0 Å². The van der Waals surface area contributed by atoms with Gasteiger partial charge in [0.15, 0.2) is 5.75 Å². The highest BCUT2D eigenvalue weighted by Gasteiger charge is 2.39. The van der Waals surface area contributed by atoms with Crippen LogP contribution in [0.1, 0.15) is 29.6 Å². The summed E-state index contributed by atoms with van der Waals surface area (Å²) in [6, 6.07) is 5.22. The molecule has 1 aliphatic carbocycles. The van der Waals surface area contributed by atoms with Crippen molar-refractivity contribution in [2.45, 2.75) is 24.8 Å². The van der Waals surface area contributed by atoms with Crippen LogP contribution >= 0.6 is 0 Å². The Bertz CT molecular complexity index is 496. The Labute approximate surface area is 120 Å². The van der Waals surface area contributed by atoms with Gasteiger partial charge in [0.1, 0.15) is 0 Å². The molecule has 0 bridgehead atoms. The molecule has 2 rings (SSSR count). The molecule has 0 radical (unpaired) electrons. The highest BCUT2D eigenvalue weighted by atomic mass is 16.5. The van der Waals surface area contributed by atoms with E-state index in [9.17, 15) is 4.79 Å². The van der Waals surface area contributed by atoms with Crippen LogP contribution in [0, 0.1) is 0 Å². The van der Waals surface area contributed by atoms with Gasteiger partial charge < -0.3 is 20.7 Å². The molecular formula is C15H23N3O2. The number of carbonyl (C=O) groups is 1. The highest BCUT2D eigenvalue weighted by molar-refractivity contribution is 5.98. The van der Waals surface area contributed by atoms with Gasteiger partial charge in [-0.15, -0.1) is 0 Å². The van der Waals surface area contributed by atoms with Gasteiger partial charge in [0.2, 0.25) is 0 Å². The number of nitrogens with zero attached hydrogens (tertiary/aromatic N) is 1. The van der Waals surface area contributed by atoms with Gasteiger partial charge in [-0.1, -0.05) is 6.07 Å². The maximum absolute atomic E-state index is 12.3. The smallest absolute Gasteiger partial charge is 0.255 e. The predicted octanol–water partition coefficient (Wildman–Crippen LogP) is 1.49. The second kappa shape index (κ2) is 5.71. The van der Waals surface area contributed by atoms with Crippen molar-refractivity contribution in [1.29, 1.82) is 0 Å². The van der Waals surface area contributed by atoms with Crippen LogP contribution < -0.4 is 15.8 Å². The number of para-hydroxylation sites is 1. The average molecular weight is 277 g/mol. The number of ether oxygens (including phenoxy) is 1. The summed E-state index contributed by atoms with van der Waals surface area (Å²) >= 11 is 0. The summed E-state index contributed by atoms with van der Waals surface area (Å²) in [5.74, 6) is 0.305. The van der Waals surface area contributed by atoms with Gasteiger partial charge >= 0.3 is 0 Å². The second-order valence-corrected chi connectivity index (χ2v) is 5.58. The zero-order valence-corrected chi connectivity index (χ0v) is 12.4. The number of nitrogens with one attached hydrogen (secondary N) is 1. The first-order valence-electron chi connectivity index (χ1n) is 6.88. The number of likely N-dealkylation sites (N-methyl/N-ethyl adjacent to an activating group) is 1. The normalized spacial score (nSPS) is 16.6. The van der Waals surface area contributed by atoms with Gasteiger partial charge in [-0.05, 0) is 45.5 Å². The molecule has 0 heterocycles. The lowest BCUT2D eigenvalue weighted by atomic mass is 9.75. The summed E-state index contributed by atoms with van der Waals surface area (Å²) in [4.78, 5) is 14.5. The van der Waals surface area contributed by atoms with E-state index in [1.54, 1.807) is 18.2 Å². The molecule has 0 aromatic heterocycles. The van der Waals surface area contributed by atoms with Gasteiger partial charge in [0.05, 0.1) is 18.4 Å². The maximum atomic E-state index is 12.3. The Hall–Kier alpha value is -1.75. The zero-order chi connectivity index (χ0) is 14.8. The number of benzene rings is 1. The minimum absolute atomic E-state index is 0.100. The minimum Gasteiger partial charge on any atom is -0.494 e. The fraction of sp³-hybridized carbons (Fsp3) is 0.533. The molecule has 1 aliphatic rings. The van der Waals surface area contributed by atoms with Gasteiger partial charge in [-0.3, -0.25) is 4.79 Å². The summed E-state index contributed by atoms with van der Waals surface area (Å²) in [6.07, 6.45) is 3.46. The van der Waals surface area contributed by atoms with Crippen LogP contribution in [0.25, 0.3) is 0 Å². The van der Waals surface area contributed by atoms with Gasteiger partial charge in [-0.25, -0.2) is 0 Å². The van der Waals surface area contributed by atoms with Crippen molar-refractivity contribution in [2.75, 3.05) is 33.5 Å². The number of nitrogens with two attached hydrogens (primary N) is 1. The van der Waals surface area contributed by atoms with E-state index in [-0.39, 0.29) is 11.4 Å². The fourth-order valence-corrected chi connectivity index (χ4v) is 2.67. The first kappa shape index (κ1) is 14.7. The number of amides is 1. The van der Waals surface area contributed by atoms with E-state index in [1.807, 2.05) is 0 Å². The molecule has 1 fully saturated rings. The number of carbonyl (C=O) groups excluding carboxylic acids is 1. The topological polar surface area (TPSA) is 67.6 Å². The lowest BCUT2D eigenvalue weighted by molar-refractivity contribution is 0.0557. The van der Waals surface area contributed by atoms with Crippen molar-refractivity contribution in [3.63, 3.8) is 0 Å². The Kier molecular flexibility index (Phi) is 4.18. The predicted molar refractivity (Wildman–Crippen MR) is 80.0 cm³/mol. The van der Waals surface area contributed by atoms with Crippen molar-refractivity contribution in [1.82, 2.24) is 10.2 Å². The molecule has 3 N–H and O–H groups in total. The average Bonchev–Trinajstić information content (AvgIpc) is 2.36. The molecule has 0 spiro atoms. The largest absolute Gasteiger partial charge is 0.494 e. The zero-order valence-electron chi connectivity index (χ0n) is 12.4. The lowest BCUT2D eigenvalue weighted by Crippen LogP contribution is -2.57. The molecule has 5 nitrogen and oxygen atoms in total. The molecule has 1 aromatic carbocycles. The lowest BCUT2D eigenvalue weighted by Gasteiger charge is -2.47. The van der Waals surface area contributed by atoms with Gasteiger partial charge in [0, 0.05) is 12.1 Å². The molecule has 0 atom stereocenters. The fourth-order valence-electron chi connectivity index (χ4n) is 2.67. The number of anilines is 1. The second-order valence-electron chi connectivity index (χ2n) is 5.58. The maximum Gasteiger partial charge on any atom is 0.255 e. The molecule has 1 amide bonds. The van der Waals surface area contributed by atoms with E-state index < -0.39 is 0 Å². The number of methoxy groups -OCH3 is 1. The Morgan fingerprint density at radius 3 is 2.65 bits per heavy atom. The quantitative estimate of drug-likeness (QED) is 0.800. The van der Waals surface area contributed by atoms with Crippen LogP contribution in [0.3, 0.4) is 0 Å². The molecule has 1 aromatic rings. The van der Waals surface area contributed by atoms with Crippen LogP contribution in [0.5, 0.6) is 5.75 Å². The van der Waals surface area contributed by atoms with E-state index in [1.165, 1.54) is 13.5 Å². The first-order valence-corrected chi connectivity index (χ1v) is 6.88. The molecule has 0 aliphatic heterocycles. The van der Waals surface area contributed by atoms with E-state index in [4.69, 9.17) is 10.5 Å². The van der Waals surface area contributed by atoms with Crippen molar-refractivity contribution in [2.24, 2.45) is 0 Å². The summed E-state index contributed by atoms with van der Waals surface area (Å²) in [5.41, 5.74) is 6.89. The molecular weight excluding hydrogens is 254 g/mol. The van der Waals surface area contributed by atoms with Crippen molar-refractivity contribution < 1.29 is 9.53 Å². The third kappa shape index (κ3) is 2.58. The minimum atomic E-state index is -0.137. The summed E-state index contributed by atoms with van der Waals surface area (Å²) in [7, 11) is 5.65. The van der Waals surface area contributed by atoms with Crippen molar-refractivity contribution >= 4 is 11.6 Å². The van der Waals surface area contributed by atoms with Crippen LogP contribution in [0.15, 0.2) is 18.2 Å². The third-order valence-corrected chi connectivity index (χ3v) is 4.31. The van der Waals surface area contributed by atoms with E-state index in [0.717, 1.165) is 12.8 Å². The van der Waals surface area contributed by atoms with E-state index >= 15 is 0 Å². The standard InChI is InChI=1S/C15H23N3O2/c1-18(2)15(8-5-9-15)10-17-14(19)11-6-4-7-12(16)13(11)20-3/h4,6-7H,5,8-10,16H2,1-3H3,(H,17,19). The molecule has 0 saturated heterocycles. The Morgan fingerprint density at radius 1 is 1.45 bits per heavy atom. The molecule has 1 saturated carbocycles. The third-order valence-electron chi connectivity index (χ3n) is 4.31. The van der Waals surface area contributed by atoms with Crippen LogP contribution in [-0.2, 0) is 0 Å². The van der Waals surface area contributed by atoms with E-state index in [0.29, 0.717) is 23.5 Å². The Balaban J connectivity index is 2.08. The number of hydrogen-bond acceptors (Lipinski definition) is 4. The molecule has 20 heavy (non-hydrogen) atoms. The number of nitrogen functional groups attached to an aromatic ring is 1. The summed E-state index contributed by atoms with van der Waals surface area (Å²) in [6.45, 7) is 0.650. The van der Waals surface area contributed by atoms with Crippen LogP contribution in [0.4, 0.5) is 5.69 Å². The highest BCUT2D eigenvalue weighted by Crippen LogP contribution is 2.35. The SMILES string of the molecule is COc1c(N)cccc1C(=O)NCC1(N(C)C)CCC1. The first-order chi connectivity index (χ1) is 9.50. The van der Waals surface area contributed by atoms with Crippen molar-refractivity contribution in [3.8, 4) is 5.75 Å². The van der Waals surface area contributed by atoms with Crippen molar-refractivity contribution in [3.05, 3.63) is 23.8 Å². The van der Waals surface area contributed by atoms with E-state index in [2.05, 4.69) is 24.3 Å². The molecule has 5 heteroatoms. The summed E-state index contributed by atoms with van der Waals surface area (Å²) in [5, 5.41) is 3.01. The Morgan fingerprint density at radius 2 is 2.15 bits per heavy atom. The van der Waals surface area contributed by atoms with Gasteiger partial charge in [0.25, 0.3) is 5.91 Å². The number of hydrogen-bond donors (Lipinski definition) is 2. The monoisotopic (exact) mass is 277 g/mol. The molecule has 0 unspecified atom stereocenters. The van der Waals surface area contributed by atoms with Crippen LogP contribution in [-0.4, -0.2) is 44.1 Å². The van der Waals surface area contributed by atoms with Crippen LogP contribution in [0.2, 0.25) is 0 Å². The summed E-state index contributed by atoms with van der Waals surface area (Å²) < 4.78 is 5.22. The number of rotatable bonds is 5. The molecule has 110 valence electrons.